The molecule has 2 heterocycles. The van der Waals surface area contributed by atoms with E-state index in [0.717, 1.165) is 4.90 Å². The van der Waals surface area contributed by atoms with E-state index in [4.69, 9.17) is 4.74 Å². The van der Waals surface area contributed by atoms with Gasteiger partial charge in [-0.2, -0.15) is 0 Å². The minimum absolute atomic E-state index is 0.0303. The van der Waals surface area contributed by atoms with Gasteiger partial charge in [-0.1, -0.05) is 12.1 Å². The maximum absolute atomic E-state index is 13.1. The van der Waals surface area contributed by atoms with Crippen LogP contribution in [0.2, 0.25) is 0 Å². The van der Waals surface area contributed by atoms with Crippen LogP contribution >= 0.6 is 0 Å². The first-order valence-corrected chi connectivity index (χ1v) is 11.1. The van der Waals surface area contributed by atoms with Crippen LogP contribution in [0.3, 0.4) is 0 Å². The highest BCUT2D eigenvalue weighted by molar-refractivity contribution is 6.21. The van der Waals surface area contributed by atoms with Crippen molar-refractivity contribution in [2.24, 2.45) is 0 Å². The number of benzene rings is 2. The zero-order chi connectivity index (χ0) is 25.4. The average Bonchev–Trinajstić information content (AvgIpc) is 3.25. The van der Waals surface area contributed by atoms with E-state index < -0.39 is 11.8 Å². The number of carbonyl (C=O) groups excluding carboxylic acids is 4. The van der Waals surface area contributed by atoms with E-state index in [1.54, 1.807) is 86.9 Å². The zero-order valence-electron chi connectivity index (χ0n) is 20.4. The molecule has 0 saturated carbocycles. The summed E-state index contributed by atoms with van der Waals surface area (Å²) in [5.74, 6) is -0.124. The molecular weight excluding hydrogens is 450 g/mol. The Labute approximate surface area is 202 Å². The summed E-state index contributed by atoms with van der Waals surface area (Å²) in [5, 5.41) is 0. The number of fused-ring (bicyclic) bond motifs is 2. The Hall–Kier alpha value is -4.21. The smallest absolute Gasteiger partial charge is 0.278 e. The molecule has 0 spiro atoms. The Bertz CT molecular complexity index is 1320. The summed E-state index contributed by atoms with van der Waals surface area (Å²) in [5.41, 5.74) is 2.00. The minimum Gasteiger partial charge on any atom is -0.497 e. The molecule has 0 saturated heterocycles. The largest absolute Gasteiger partial charge is 0.497 e. The number of nitrogens with zero attached hydrogens (tertiary/aromatic N) is 5. The van der Waals surface area contributed by atoms with Gasteiger partial charge in [0.05, 0.1) is 18.2 Å². The van der Waals surface area contributed by atoms with Gasteiger partial charge in [0.1, 0.15) is 12.3 Å². The summed E-state index contributed by atoms with van der Waals surface area (Å²) in [6.07, 6.45) is 0. The van der Waals surface area contributed by atoms with Crippen LogP contribution in [0.15, 0.2) is 42.5 Å². The van der Waals surface area contributed by atoms with E-state index >= 15 is 0 Å². The highest BCUT2D eigenvalue weighted by atomic mass is 16.5. The van der Waals surface area contributed by atoms with Crippen LogP contribution in [0.4, 0.5) is 0 Å². The third-order valence-electron chi connectivity index (χ3n) is 6.15. The second kappa shape index (κ2) is 9.21. The molecule has 0 N–H and O–H groups in total. The Morgan fingerprint density at radius 1 is 0.914 bits per heavy atom. The van der Waals surface area contributed by atoms with Crippen LogP contribution in [0.25, 0.3) is 11.0 Å². The van der Waals surface area contributed by atoms with E-state index in [0.29, 0.717) is 33.7 Å². The SMILES string of the molecule is COc1ccc2c(c1)n(CC(=O)N(C)C)c(CN1C(=O)c3ccccc3C1=O)[n+]2CC(=O)N(C)C. The van der Waals surface area contributed by atoms with E-state index in [2.05, 4.69) is 0 Å². The van der Waals surface area contributed by atoms with Gasteiger partial charge in [-0.05, 0) is 24.3 Å². The summed E-state index contributed by atoms with van der Waals surface area (Å²) in [4.78, 5) is 55.9. The maximum atomic E-state index is 13.1. The van der Waals surface area contributed by atoms with Crippen molar-refractivity contribution in [2.45, 2.75) is 19.6 Å². The number of rotatable bonds is 7. The molecule has 0 unspecified atom stereocenters. The number of hydrogen-bond acceptors (Lipinski definition) is 5. The van der Waals surface area contributed by atoms with E-state index in [-0.39, 0.29) is 31.4 Å². The van der Waals surface area contributed by atoms with Crippen LogP contribution < -0.4 is 9.30 Å². The molecule has 1 aromatic heterocycles. The Morgan fingerprint density at radius 3 is 2.06 bits per heavy atom. The standard InChI is InChI=1S/C25H28N5O5/c1-26(2)22(31)14-28-19-11-10-16(35-5)12-20(19)29(15-23(32)27(3)4)21(28)13-30-24(33)17-8-6-7-9-18(17)25(30)34/h6-12H,13-15H2,1-5H3/q+1. The number of imidazole rings is 1. The minimum atomic E-state index is -0.413. The molecule has 4 amide bonds. The lowest BCUT2D eigenvalue weighted by Gasteiger charge is -2.15. The van der Waals surface area contributed by atoms with Crippen LogP contribution in [-0.4, -0.2) is 78.2 Å². The number of amides is 4. The highest BCUT2D eigenvalue weighted by Gasteiger charge is 2.39. The second-order valence-electron chi connectivity index (χ2n) is 8.76. The number of aromatic nitrogens is 2. The first-order chi connectivity index (χ1) is 16.6. The molecular formula is C25H28N5O5+. The van der Waals surface area contributed by atoms with Gasteiger partial charge in [0.25, 0.3) is 29.5 Å². The highest BCUT2D eigenvalue weighted by Crippen LogP contribution is 2.26. The van der Waals surface area contributed by atoms with Crippen molar-refractivity contribution >= 4 is 34.7 Å². The van der Waals surface area contributed by atoms with E-state index in [9.17, 15) is 19.2 Å². The number of likely N-dealkylation sites (N-methyl/N-ethyl adjacent to an activating group) is 2. The molecule has 0 atom stereocenters. The van der Waals surface area contributed by atoms with Crippen molar-refractivity contribution in [3.63, 3.8) is 0 Å². The summed E-state index contributed by atoms with van der Waals surface area (Å²) >= 11 is 0. The molecule has 1 aliphatic rings. The van der Waals surface area contributed by atoms with Gasteiger partial charge in [-0.15, -0.1) is 0 Å². The lowest BCUT2D eigenvalue weighted by Crippen LogP contribution is -2.47. The Kier molecular flexibility index (Phi) is 6.29. The lowest BCUT2D eigenvalue weighted by atomic mass is 10.1. The molecule has 182 valence electrons. The molecule has 35 heavy (non-hydrogen) atoms. The predicted molar refractivity (Wildman–Crippen MR) is 127 cm³/mol. The van der Waals surface area contributed by atoms with Crippen LogP contribution in [0, 0.1) is 0 Å². The molecule has 10 nitrogen and oxygen atoms in total. The van der Waals surface area contributed by atoms with Crippen molar-refractivity contribution in [3.8, 4) is 5.75 Å². The molecule has 0 radical (unpaired) electrons. The van der Waals surface area contributed by atoms with Gasteiger partial charge in [0.2, 0.25) is 0 Å². The Morgan fingerprint density at radius 2 is 1.51 bits per heavy atom. The molecule has 10 heteroatoms. The number of hydrogen-bond donors (Lipinski definition) is 0. The van der Waals surface area contributed by atoms with Gasteiger partial charge < -0.3 is 14.5 Å². The van der Waals surface area contributed by atoms with E-state index in [1.165, 1.54) is 9.80 Å². The molecule has 4 rings (SSSR count). The zero-order valence-corrected chi connectivity index (χ0v) is 20.4. The number of imide groups is 1. The molecule has 0 bridgehead atoms. The first-order valence-electron chi connectivity index (χ1n) is 11.1. The summed E-state index contributed by atoms with van der Waals surface area (Å²) < 4.78 is 8.89. The number of methoxy groups -OCH3 is 1. The monoisotopic (exact) mass is 478 g/mol. The lowest BCUT2D eigenvalue weighted by molar-refractivity contribution is -0.668. The fourth-order valence-electron chi connectivity index (χ4n) is 4.10. The summed E-state index contributed by atoms with van der Waals surface area (Å²) in [7, 11) is 8.17. The van der Waals surface area contributed by atoms with Crippen molar-refractivity contribution in [2.75, 3.05) is 35.3 Å². The van der Waals surface area contributed by atoms with E-state index in [1.807, 2.05) is 0 Å². The van der Waals surface area contributed by atoms with Crippen LogP contribution in [-0.2, 0) is 29.2 Å². The molecule has 0 fully saturated rings. The average molecular weight is 479 g/mol. The van der Waals surface area contributed by atoms with Crippen molar-refractivity contribution < 1.29 is 28.5 Å². The van der Waals surface area contributed by atoms with Gasteiger partial charge in [0.15, 0.2) is 24.1 Å². The summed E-state index contributed by atoms with van der Waals surface area (Å²) in [6.45, 7) is -0.180. The molecule has 0 aliphatic carbocycles. The van der Waals surface area contributed by atoms with Crippen molar-refractivity contribution in [1.82, 2.24) is 19.3 Å². The number of ether oxygens (including phenoxy) is 1. The Balaban J connectivity index is 1.90. The molecule has 3 aromatic rings. The van der Waals surface area contributed by atoms with Crippen LogP contribution in [0.1, 0.15) is 26.5 Å². The second-order valence-corrected chi connectivity index (χ2v) is 8.76. The van der Waals surface area contributed by atoms with Crippen LogP contribution in [0.5, 0.6) is 5.75 Å². The van der Waals surface area contributed by atoms with Gasteiger partial charge in [-0.3, -0.25) is 24.1 Å². The normalized spacial score (nSPS) is 12.8. The quantitative estimate of drug-likeness (QED) is 0.372. The predicted octanol–water partition coefficient (Wildman–Crippen LogP) is 0.910. The first kappa shape index (κ1) is 23.9. The summed E-state index contributed by atoms with van der Waals surface area (Å²) in [6, 6.07) is 12.0. The van der Waals surface area contributed by atoms with Gasteiger partial charge in [-0.25, -0.2) is 9.13 Å². The molecule has 2 aromatic carbocycles. The number of carbonyl (C=O) groups is 4. The molecule has 1 aliphatic heterocycles. The van der Waals surface area contributed by atoms with Crippen molar-refractivity contribution in [1.29, 1.82) is 0 Å². The maximum Gasteiger partial charge on any atom is 0.278 e. The third-order valence-corrected chi connectivity index (χ3v) is 6.15. The van der Waals surface area contributed by atoms with Gasteiger partial charge >= 0.3 is 0 Å². The van der Waals surface area contributed by atoms with Crippen molar-refractivity contribution in [3.05, 3.63) is 59.4 Å². The fraction of sp³-hybridized carbons (Fsp3) is 0.320. The fourth-order valence-corrected chi connectivity index (χ4v) is 4.10. The topological polar surface area (TPSA) is 96.0 Å². The third kappa shape index (κ3) is 4.23. The van der Waals surface area contributed by atoms with Gasteiger partial charge in [0, 0.05) is 34.3 Å².